The molecule has 0 radical (unpaired) electrons. The second-order valence-electron chi connectivity index (χ2n) is 4.64. The van der Waals surface area contributed by atoms with Crippen LogP contribution in [0.4, 0.5) is 0 Å². The zero-order chi connectivity index (χ0) is 15.0. The molecule has 0 bridgehead atoms. The lowest BCUT2D eigenvalue weighted by Crippen LogP contribution is -2.02. The summed E-state index contributed by atoms with van der Waals surface area (Å²) in [4.78, 5) is 11.5. The van der Waals surface area contributed by atoms with Gasteiger partial charge in [0.1, 0.15) is 12.0 Å². The Morgan fingerprint density at radius 3 is 2.85 bits per heavy atom. The predicted molar refractivity (Wildman–Crippen MR) is 81.5 cm³/mol. The van der Waals surface area contributed by atoms with Crippen LogP contribution < -0.4 is 0 Å². The maximum absolute atomic E-state index is 11.5. The molecule has 3 nitrogen and oxygen atoms in total. The third-order valence-corrected chi connectivity index (χ3v) is 2.85. The molecule has 20 heavy (non-hydrogen) atoms. The SMILES string of the molecule is C=CC(C)=CCCC(C)=Cc1cc(C(=O)OCC)co1. The Balaban J connectivity index is 2.60. The Bertz CT molecular complexity index is 518. The molecule has 0 saturated heterocycles. The number of carbonyl (C=O) groups excluding carboxylic acids is 1. The van der Waals surface area contributed by atoms with E-state index < -0.39 is 0 Å². The third kappa shape index (κ3) is 5.31. The average Bonchev–Trinajstić information content (AvgIpc) is 2.87. The van der Waals surface area contributed by atoms with Gasteiger partial charge in [-0.15, -0.1) is 0 Å². The zero-order valence-electron chi connectivity index (χ0n) is 12.4. The average molecular weight is 274 g/mol. The van der Waals surface area contributed by atoms with E-state index in [9.17, 15) is 4.79 Å². The Labute approximate surface area is 120 Å². The fraction of sp³-hybridized carbons (Fsp3) is 0.353. The summed E-state index contributed by atoms with van der Waals surface area (Å²) in [5.41, 5.74) is 2.83. The predicted octanol–water partition coefficient (Wildman–Crippen LogP) is 4.77. The summed E-state index contributed by atoms with van der Waals surface area (Å²) in [6.07, 6.45) is 9.28. The first-order valence-electron chi connectivity index (χ1n) is 6.78. The fourth-order valence-corrected chi connectivity index (χ4v) is 1.68. The van der Waals surface area contributed by atoms with Crippen molar-refractivity contribution in [2.45, 2.75) is 33.6 Å². The van der Waals surface area contributed by atoms with Crippen LogP contribution in [0, 0.1) is 0 Å². The molecule has 1 aromatic heterocycles. The van der Waals surface area contributed by atoms with Crippen LogP contribution in [0.25, 0.3) is 6.08 Å². The van der Waals surface area contributed by atoms with Gasteiger partial charge in [0.15, 0.2) is 0 Å². The number of rotatable bonds is 7. The minimum absolute atomic E-state index is 0.349. The first-order chi connectivity index (χ1) is 9.56. The van der Waals surface area contributed by atoms with Crippen molar-refractivity contribution in [3.63, 3.8) is 0 Å². The monoisotopic (exact) mass is 274 g/mol. The van der Waals surface area contributed by atoms with Crippen LogP contribution in [-0.2, 0) is 4.74 Å². The molecule has 0 aliphatic heterocycles. The summed E-state index contributed by atoms with van der Waals surface area (Å²) in [5.74, 6) is 0.327. The van der Waals surface area contributed by atoms with Gasteiger partial charge in [0, 0.05) is 0 Å². The quantitative estimate of drug-likeness (QED) is 0.531. The molecule has 1 aromatic rings. The minimum Gasteiger partial charge on any atom is -0.464 e. The molecule has 0 aliphatic carbocycles. The summed E-state index contributed by atoms with van der Waals surface area (Å²) >= 11 is 0. The van der Waals surface area contributed by atoms with Crippen molar-refractivity contribution in [2.75, 3.05) is 6.61 Å². The van der Waals surface area contributed by atoms with Gasteiger partial charge in [-0.05, 0) is 45.8 Å². The van der Waals surface area contributed by atoms with Gasteiger partial charge in [-0.3, -0.25) is 0 Å². The van der Waals surface area contributed by atoms with E-state index in [1.54, 1.807) is 13.0 Å². The normalized spacial score (nSPS) is 12.3. The van der Waals surface area contributed by atoms with Crippen LogP contribution in [0.2, 0.25) is 0 Å². The number of allylic oxidation sites excluding steroid dienone is 4. The van der Waals surface area contributed by atoms with Crippen molar-refractivity contribution in [3.05, 3.63) is 53.5 Å². The highest BCUT2D eigenvalue weighted by molar-refractivity contribution is 5.89. The highest BCUT2D eigenvalue weighted by atomic mass is 16.5. The van der Waals surface area contributed by atoms with Gasteiger partial charge >= 0.3 is 5.97 Å². The summed E-state index contributed by atoms with van der Waals surface area (Å²) in [6.45, 7) is 9.94. The molecule has 108 valence electrons. The van der Waals surface area contributed by atoms with Crippen LogP contribution in [-0.4, -0.2) is 12.6 Å². The van der Waals surface area contributed by atoms with E-state index in [1.807, 2.05) is 26.0 Å². The molecule has 0 fully saturated rings. The fourth-order valence-electron chi connectivity index (χ4n) is 1.68. The van der Waals surface area contributed by atoms with Crippen molar-refractivity contribution < 1.29 is 13.9 Å². The first-order valence-corrected chi connectivity index (χ1v) is 6.78. The van der Waals surface area contributed by atoms with Crippen molar-refractivity contribution in [2.24, 2.45) is 0 Å². The van der Waals surface area contributed by atoms with E-state index >= 15 is 0 Å². The topological polar surface area (TPSA) is 39.4 Å². The van der Waals surface area contributed by atoms with E-state index in [4.69, 9.17) is 9.15 Å². The van der Waals surface area contributed by atoms with E-state index in [2.05, 4.69) is 12.7 Å². The summed E-state index contributed by atoms with van der Waals surface area (Å²) in [5, 5.41) is 0. The summed E-state index contributed by atoms with van der Waals surface area (Å²) in [6, 6.07) is 1.70. The van der Waals surface area contributed by atoms with Crippen LogP contribution >= 0.6 is 0 Å². The van der Waals surface area contributed by atoms with Gasteiger partial charge in [0.2, 0.25) is 0 Å². The highest BCUT2D eigenvalue weighted by Gasteiger charge is 2.09. The van der Waals surface area contributed by atoms with E-state index in [1.165, 1.54) is 17.4 Å². The summed E-state index contributed by atoms with van der Waals surface area (Å²) < 4.78 is 10.3. The van der Waals surface area contributed by atoms with Gasteiger partial charge < -0.3 is 9.15 Å². The second kappa shape index (κ2) is 8.20. The number of hydrogen-bond donors (Lipinski definition) is 0. The third-order valence-electron chi connectivity index (χ3n) is 2.85. The van der Waals surface area contributed by atoms with Gasteiger partial charge in [-0.25, -0.2) is 4.79 Å². The van der Waals surface area contributed by atoms with Gasteiger partial charge in [-0.2, -0.15) is 0 Å². The zero-order valence-corrected chi connectivity index (χ0v) is 12.4. The minimum atomic E-state index is -0.349. The van der Waals surface area contributed by atoms with Crippen LogP contribution in [0.5, 0.6) is 0 Å². The molecule has 0 aromatic carbocycles. The molecule has 0 amide bonds. The number of carbonyl (C=O) groups is 1. The Morgan fingerprint density at radius 1 is 1.45 bits per heavy atom. The smallest absolute Gasteiger partial charge is 0.341 e. The lowest BCUT2D eigenvalue weighted by molar-refractivity contribution is 0.0525. The van der Waals surface area contributed by atoms with Crippen LogP contribution in [0.3, 0.4) is 0 Å². The lowest BCUT2D eigenvalue weighted by atomic mass is 10.1. The maximum atomic E-state index is 11.5. The number of esters is 1. The maximum Gasteiger partial charge on any atom is 0.341 e. The molecular formula is C17H22O3. The van der Waals surface area contributed by atoms with Crippen molar-refractivity contribution in [1.82, 2.24) is 0 Å². The van der Waals surface area contributed by atoms with Crippen molar-refractivity contribution >= 4 is 12.0 Å². The molecule has 0 N–H and O–H groups in total. The van der Waals surface area contributed by atoms with Crippen LogP contribution in [0.15, 0.2) is 46.6 Å². The first kappa shape index (κ1) is 16.0. The molecule has 3 heteroatoms. The molecule has 0 spiro atoms. The highest BCUT2D eigenvalue weighted by Crippen LogP contribution is 2.16. The Kier molecular flexibility index (Phi) is 6.57. The number of furan rings is 1. The molecule has 0 saturated carbocycles. The van der Waals surface area contributed by atoms with E-state index in [0.717, 1.165) is 12.8 Å². The van der Waals surface area contributed by atoms with E-state index in [-0.39, 0.29) is 5.97 Å². The molecule has 1 heterocycles. The molecule has 1 rings (SSSR count). The van der Waals surface area contributed by atoms with E-state index in [0.29, 0.717) is 17.9 Å². The van der Waals surface area contributed by atoms with Gasteiger partial charge in [0.05, 0.1) is 12.2 Å². The van der Waals surface area contributed by atoms with Gasteiger partial charge in [-0.1, -0.05) is 29.9 Å². The summed E-state index contributed by atoms with van der Waals surface area (Å²) in [7, 11) is 0. The molecule has 0 unspecified atom stereocenters. The molecule has 0 atom stereocenters. The van der Waals surface area contributed by atoms with Gasteiger partial charge in [0.25, 0.3) is 0 Å². The number of hydrogen-bond acceptors (Lipinski definition) is 3. The Morgan fingerprint density at radius 2 is 2.20 bits per heavy atom. The van der Waals surface area contributed by atoms with Crippen molar-refractivity contribution in [3.8, 4) is 0 Å². The molecular weight excluding hydrogens is 252 g/mol. The van der Waals surface area contributed by atoms with Crippen LogP contribution in [0.1, 0.15) is 49.7 Å². The Hall–Kier alpha value is -2.03. The standard InChI is InChI=1S/C17H22O3/c1-5-13(3)8-7-9-14(4)10-16-11-15(12-20-16)17(18)19-6-2/h5,8,10-12H,1,6-7,9H2,2-4H3. The number of ether oxygens (including phenoxy) is 1. The second-order valence-corrected chi connectivity index (χ2v) is 4.64. The lowest BCUT2D eigenvalue weighted by Gasteiger charge is -1.98. The molecule has 0 aliphatic rings. The van der Waals surface area contributed by atoms with Crippen molar-refractivity contribution in [1.29, 1.82) is 0 Å². The largest absolute Gasteiger partial charge is 0.464 e.